The van der Waals surface area contributed by atoms with Gasteiger partial charge in [0, 0.05) is 26.3 Å². The first kappa shape index (κ1) is 13.9. The smallest absolute Gasteiger partial charge is 0.0590 e. The molecule has 0 spiro atoms. The van der Waals surface area contributed by atoms with Gasteiger partial charge in [-0.1, -0.05) is 13.8 Å². The van der Waals surface area contributed by atoms with Gasteiger partial charge >= 0.3 is 0 Å². The van der Waals surface area contributed by atoms with E-state index < -0.39 is 0 Å². The molecule has 0 amide bonds. The lowest BCUT2D eigenvalue weighted by molar-refractivity contribution is 0.128. The van der Waals surface area contributed by atoms with Crippen LogP contribution in [0.15, 0.2) is 0 Å². The second-order valence-electron chi connectivity index (χ2n) is 5.08. The van der Waals surface area contributed by atoms with E-state index in [4.69, 9.17) is 9.47 Å². The van der Waals surface area contributed by atoms with Crippen LogP contribution in [0, 0.1) is 11.8 Å². The first-order chi connectivity index (χ1) is 7.79. The van der Waals surface area contributed by atoms with Crippen molar-refractivity contribution in [1.29, 1.82) is 0 Å². The fraction of sp³-hybridized carbons (Fsp3) is 1.00. The summed E-state index contributed by atoms with van der Waals surface area (Å²) >= 11 is 0. The summed E-state index contributed by atoms with van der Waals surface area (Å²) in [5.74, 6) is 1.52. The van der Waals surface area contributed by atoms with Gasteiger partial charge in [0.2, 0.25) is 0 Å². The Bertz CT molecular complexity index is 156. The molecule has 1 unspecified atom stereocenters. The molecule has 1 heterocycles. The molecule has 0 aromatic heterocycles. The molecule has 1 aliphatic heterocycles. The Hall–Kier alpha value is -0.120. The van der Waals surface area contributed by atoms with Crippen LogP contribution in [0.5, 0.6) is 0 Å². The zero-order chi connectivity index (χ0) is 11.6. The summed E-state index contributed by atoms with van der Waals surface area (Å²) in [4.78, 5) is 0. The SMILES string of the molecule is CC(C)CCCOCCNCC1CCOC1. The van der Waals surface area contributed by atoms with E-state index in [9.17, 15) is 0 Å². The average Bonchev–Trinajstić information content (AvgIpc) is 2.74. The molecule has 0 bridgehead atoms. The van der Waals surface area contributed by atoms with Crippen molar-refractivity contribution in [2.75, 3.05) is 39.5 Å². The zero-order valence-electron chi connectivity index (χ0n) is 10.8. The summed E-state index contributed by atoms with van der Waals surface area (Å²) in [6, 6.07) is 0. The molecular formula is C13H27NO2. The molecule has 0 radical (unpaired) electrons. The number of hydrogen-bond acceptors (Lipinski definition) is 3. The van der Waals surface area contributed by atoms with E-state index in [0.29, 0.717) is 0 Å². The minimum Gasteiger partial charge on any atom is -0.381 e. The van der Waals surface area contributed by atoms with Gasteiger partial charge in [-0.15, -0.1) is 0 Å². The first-order valence-corrected chi connectivity index (χ1v) is 6.65. The molecule has 16 heavy (non-hydrogen) atoms. The van der Waals surface area contributed by atoms with Gasteiger partial charge in [0.25, 0.3) is 0 Å². The maximum atomic E-state index is 5.56. The molecule has 0 saturated carbocycles. The molecule has 0 aliphatic carbocycles. The highest BCUT2D eigenvalue weighted by atomic mass is 16.5. The largest absolute Gasteiger partial charge is 0.381 e. The van der Waals surface area contributed by atoms with Crippen LogP contribution in [0.1, 0.15) is 33.1 Å². The van der Waals surface area contributed by atoms with Crippen LogP contribution >= 0.6 is 0 Å². The summed E-state index contributed by atoms with van der Waals surface area (Å²) in [6.45, 7) is 10.2. The third kappa shape index (κ3) is 7.20. The molecule has 96 valence electrons. The van der Waals surface area contributed by atoms with Crippen LogP contribution in [0.2, 0.25) is 0 Å². The normalized spacial score (nSPS) is 20.8. The van der Waals surface area contributed by atoms with Gasteiger partial charge in [0.05, 0.1) is 13.2 Å². The fourth-order valence-corrected chi connectivity index (χ4v) is 1.89. The molecule has 3 heteroatoms. The average molecular weight is 229 g/mol. The van der Waals surface area contributed by atoms with E-state index >= 15 is 0 Å². The summed E-state index contributed by atoms with van der Waals surface area (Å²) in [6.07, 6.45) is 3.67. The Morgan fingerprint density at radius 3 is 2.94 bits per heavy atom. The Balaban J connectivity index is 1.74. The van der Waals surface area contributed by atoms with Crippen LogP contribution in [-0.2, 0) is 9.47 Å². The number of nitrogens with one attached hydrogen (secondary N) is 1. The van der Waals surface area contributed by atoms with E-state index in [1.807, 2.05) is 0 Å². The maximum absolute atomic E-state index is 5.56. The summed E-state index contributed by atoms with van der Waals surface area (Å²) in [7, 11) is 0. The minimum atomic E-state index is 0.723. The molecule has 1 N–H and O–H groups in total. The van der Waals surface area contributed by atoms with Gasteiger partial charge in [-0.05, 0) is 31.1 Å². The molecule has 1 saturated heterocycles. The lowest BCUT2D eigenvalue weighted by Crippen LogP contribution is -2.26. The van der Waals surface area contributed by atoms with Gasteiger partial charge in [-0.3, -0.25) is 0 Å². The fourth-order valence-electron chi connectivity index (χ4n) is 1.89. The summed E-state index contributed by atoms with van der Waals surface area (Å²) in [5, 5.41) is 3.42. The van der Waals surface area contributed by atoms with Crippen molar-refractivity contribution in [2.45, 2.75) is 33.1 Å². The maximum Gasteiger partial charge on any atom is 0.0590 e. The van der Waals surface area contributed by atoms with Crippen molar-refractivity contribution in [1.82, 2.24) is 5.32 Å². The highest BCUT2D eigenvalue weighted by Gasteiger charge is 2.14. The lowest BCUT2D eigenvalue weighted by atomic mass is 10.1. The number of ether oxygens (including phenoxy) is 2. The van der Waals surface area contributed by atoms with E-state index in [2.05, 4.69) is 19.2 Å². The topological polar surface area (TPSA) is 30.5 Å². The molecular weight excluding hydrogens is 202 g/mol. The minimum absolute atomic E-state index is 0.723. The second-order valence-corrected chi connectivity index (χ2v) is 5.08. The number of rotatable bonds is 9. The van der Waals surface area contributed by atoms with Crippen molar-refractivity contribution < 1.29 is 9.47 Å². The standard InChI is InChI=1S/C13H27NO2/c1-12(2)4-3-7-15-9-6-14-10-13-5-8-16-11-13/h12-14H,3-11H2,1-2H3. The summed E-state index contributed by atoms with van der Waals surface area (Å²) in [5.41, 5.74) is 0. The lowest BCUT2D eigenvalue weighted by Gasteiger charge is -2.10. The van der Waals surface area contributed by atoms with Gasteiger partial charge in [0.15, 0.2) is 0 Å². The van der Waals surface area contributed by atoms with E-state index in [-0.39, 0.29) is 0 Å². The second kappa shape index (κ2) is 8.97. The predicted molar refractivity (Wildman–Crippen MR) is 66.7 cm³/mol. The Morgan fingerprint density at radius 2 is 2.25 bits per heavy atom. The van der Waals surface area contributed by atoms with E-state index in [1.165, 1.54) is 19.3 Å². The van der Waals surface area contributed by atoms with E-state index in [0.717, 1.165) is 51.4 Å². The van der Waals surface area contributed by atoms with Gasteiger partial charge < -0.3 is 14.8 Å². The summed E-state index contributed by atoms with van der Waals surface area (Å²) < 4.78 is 10.9. The zero-order valence-corrected chi connectivity index (χ0v) is 10.8. The van der Waals surface area contributed by atoms with Gasteiger partial charge in [-0.25, -0.2) is 0 Å². The Morgan fingerprint density at radius 1 is 1.38 bits per heavy atom. The Kier molecular flexibility index (Phi) is 7.81. The third-order valence-electron chi connectivity index (χ3n) is 2.95. The monoisotopic (exact) mass is 229 g/mol. The quantitative estimate of drug-likeness (QED) is 0.614. The van der Waals surface area contributed by atoms with Crippen LogP contribution in [0.4, 0.5) is 0 Å². The highest BCUT2D eigenvalue weighted by Crippen LogP contribution is 2.10. The predicted octanol–water partition coefficient (Wildman–Crippen LogP) is 2.07. The van der Waals surface area contributed by atoms with Gasteiger partial charge in [-0.2, -0.15) is 0 Å². The van der Waals surface area contributed by atoms with Crippen molar-refractivity contribution in [2.24, 2.45) is 11.8 Å². The molecule has 0 aromatic carbocycles. The van der Waals surface area contributed by atoms with Crippen LogP contribution < -0.4 is 5.32 Å². The van der Waals surface area contributed by atoms with Crippen LogP contribution in [0.25, 0.3) is 0 Å². The van der Waals surface area contributed by atoms with Gasteiger partial charge in [0.1, 0.15) is 0 Å². The van der Waals surface area contributed by atoms with Crippen molar-refractivity contribution in [3.63, 3.8) is 0 Å². The molecule has 1 rings (SSSR count). The van der Waals surface area contributed by atoms with E-state index in [1.54, 1.807) is 0 Å². The molecule has 1 fully saturated rings. The van der Waals surface area contributed by atoms with Crippen molar-refractivity contribution in [3.05, 3.63) is 0 Å². The molecule has 1 atom stereocenters. The highest BCUT2D eigenvalue weighted by molar-refractivity contribution is 4.66. The Labute approximate surface area is 99.9 Å². The van der Waals surface area contributed by atoms with Crippen LogP contribution in [-0.4, -0.2) is 39.5 Å². The number of hydrogen-bond donors (Lipinski definition) is 1. The van der Waals surface area contributed by atoms with Crippen molar-refractivity contribution >= 4 is 0 Å². The molecule has 0 aromatic rings. The first-order valence-electron chi connectivity index (χ1n) is 6.65. The van der Waals surface area contributed by atoms with Crippen LogP contribution in [0.3, 0.4) is 0 Å². The van der Waals surface area contributed by atoms with Crippen molar-refractivity contribution in [3.8, 4) is 0 Å². The molecule has 1 aliphatic rings. The molecule has 3 nitrogen and oxygen atoms in total. The third-order valence-corrected chi connectivity index (χ3v) is 2.95.